The van der Waals surface area contributed by atoms with Gasteiger partial charge >= 0.3 is 0 Å². The van der Waals surface area contributed by atoms with Crippen LogP contribution in [0.4, 0.5) is 0 Å². The standard InChI is InChI=1S/C14H23NO2/c1-9(2)10(3)15(5)11(4)14-12(16)7-6-8-13(14)17/h6-11,16-17H,1-5H3. The fourth-order valence-electron chi connectivity index (χ4n) is 2.00. The lowest BCUT2D eigenvalue weighted by Crippen LogP contribution is -2.35. The number of benzene rings is 1. The molecule has 17 heavy (non-hydrogen) atoms. The Balaban J connectivity index is 3.00. The Kier molecular flexibility index (Phi) is 4.40. The summed E-state index contributed by atoms with van der Waals surface area (Å²) in [5.74, 6) is 0.830. The van der Waals surface area contributed by atoms with Gasteiger partial charge in [-0.3, -0.25) is 4.90 Å². The van der Waals surface area contributed by atoms with E-state index in [1.54, 1.807) is 18.2 Å². The van der Waals surface area contributed by atoms with E-state index in [4.69, 9.17) is 0 Å². The maximum absolute atomic E-state index is 9.84. The quantitative estimate of drug-likeness (QED) is 0.845. The third-order valence-corrected chi connectivity index (χ3v) is 3.70. The summed E-state index contributed by atoms with van der Waals surface area (Å²) in [5, 5.41) is 19.7. The van der Waals surface area contributed by atoms with Gasteiger partial charge in [-0.05, 0) is 38.9 Å². The molecule has 3 nitrogen and oxygen atoms in total. The summed E-state index contributed by atoms with van der Waals surface area (Å²) in [6.07, 6.45) is 0. The topological polar surface area (TPSA) is 43.7 Å². The monoisotopic (exact) mass is 237 g/mol. The van der Waals surface area contributed by atoms with Crippen molar-refractivity contribution in [2.75, 3.05) is 7.05 Å². The summed E-state index contributed by atoms with van der Waals surface area (Å²) in [6, 6.07) is 5.23. The molecule has 1 rings (SSSR count). The lowest BCUT2D eigenvalue weighted by molar-refractivity contribution is 0.154. The molecule has 3 heteroatoms. The highest BCUT2D eigenvalue weighted by molar-refractivity contribution is 5.44. The lowest BCUT2D eigenvalue weighted by Gasteiger charge is -2.34. The first-order valence-corrected chi connectivity index (χ1v) is 6.09. The zero-order chi connectivity index (χ0) is 13.2. The molecule has 1 aromatic rings. The van der Waals surface area contributed by atoms with Crippen molar-refractivity contribution in [3.8, 4) is 11.5 Å². The summed E-state index contributed by atoms with van der Waals surface area (Å²) in [7, 11) is 2.02. The molecular formula is C14H23NO2. The highest BCUT2D eigenvalue weighted by Gasteiger charge is 2.23. The zero-order valence-corrected chi connectivity index (χ0v) is 11.3. The summed E-state index contributed by atoms with van der Waals surface area (Å²) < 4.78 is 0. The van der Waals surface area contributed by atoms with Crippen molar-refractivity contribution < 1.29 is 10.2 Å². The number of aromatic hydroxyl groups is 2. The van der Waals surface area contributed by atoms with Gasteiger partial charge in [0.2, 0.25) is 0 Å². The maximum atomic E-state index is 9.84. The molecule has 0 aliphatic heterocycles. The average Bonchev–Trinajstić information content (AvgIpc) is 2.26. The van der Waals surface area contributed by atoms with Crippen LogP contribution in [0.1, 0.15) is 39.3 Å². The van der Waals surface area contributed by atoms with Crippen LogP contribution in [-0.2, 0) is 0 Å². The Morgan fingerprint density at radius 3 is 1.88 bits per heavy atom. The van der Waals surface area contributed by atoms with Gasteiger partial charge in [0.05, 0.1) is 5.56 Å². The van der Waals surface area contributed by atoms with Crippen molar-refractivity contribution in [2.24, 2.45) is 5.92 Å². The molecule has 0 radical (unpaired) electrons. The van der Waals surface area contributed by atoms with E-state index < -0.39 is 0 Å². The summed E-state index contributed by atoms with van der Waals surface area (Å²) in [5.41, 5.74) is 0.600. The molecule has 0 amide bonds. The molecule has 0 heterocycles. The lowest BCUT2D eigenvalue weighted by atomic mass is 9.99. The molecule has 96 valence electrons. The molecule has 0 aliphatic carbocycles. The zero-order valence-electron chi connectivity index (χ0n) is 11.3. The van der Waals surface area contributed by atoms with Gasteiger partial charge in [0, 0.05) is 12.1 Å². The van der Waals surface area contributed by atoms with Crippen LogP contribution >= 0.6 is 0 Å². The fourth-order valence-corrected chi connectivity index (χ4v) is 2.00. The van der Waals surface area contributed by atoms with E-state index in [1.165, 1.54) is 0 Å². The number of hydrogen-bond donors (Lipinski definition) is 2. The van der Waals surface area contributed by atoms with E-state index >= 15 is 0 Å². The van der Waals surface area contributed by atoms with Gasteiger partial charge in [-0.15, -0.1) is 0 Å². The van der Waals surface area contributed by atoms with Crippen LogP contribution in [0.5, 0.6) is 11.5 Å². The van der Waals surface area contributed by atoms with Gasteiger partial charge in [0.15, 0.2) is 0 Å². The van der Waals surface area contributed by atoms with Crippen molar-refractivity contribution in [3.05, 3.63) is 23.8 Å². The van der Waals surface area contributed by atoms with Gasteiger partial charge in [-0.2, -0.15) is 0 Å². The van der Waals surface area contributed by atoms with Crippen LogP contribution in [0, 0.1) is 5.92 Å². The first kappa shape index (κ1) is 13.8. The maximum Gasteiger partial charge on any atom is 0.124 e. The summed E-state index contributed by atoms with van der Waals surface area (Å²) >= 11 is 0. The Bertz CT molecular complexity index is 356. The van der Waals surface area contributed by atoms with Gasteiger partial charge in [-0.1, -0.05) is 19.9 Å². The number of hydrogen-bond acceptors (Lipinski definition) is 3. The van der Waals surface area contributed by atoms with E-state index in [0.717, 1.165) is 0 Å². The second-order valence-electron chi connectivity index (χ2n) is 5.04. The van der Waals surface area contributed by atoms with Crippen LogP contribution in [0.15, 0.2) is 18.2 Å². The van der Waals surface area contributed by atoms with E-state index in [9.17, 15) is 10.2 Å². The highest BCUT2D eigenvalue weighted by atomic mass is 16.3. The second kappa shape index (κ2) is 5.41. The molecule has 0 bridgehead atoms. The van der Waals surface area contributed by atoms with Crippen LogP contribution in [-0.4, -0.2) is 28.2 Å². The largest absolute Gasteiger partial charge is 0.507 e. The molecule has 2 atom stereocenters. The molecule has 2 unspecified atom stereocenters. The van der Waals surface area contributed by atoms with Crippen LogP contribution in [0.25, 0.3) is 0 Å². The van der Waals surface area contributed by atoms with Crippen LogP contribution < -0.4 is 0 Å². The van der Waals surface area contributed by atoms with Crippen molar-refractivity contribution in [1.29, 1.82) is 0 Å². The number of phenols is 2. The third-order valence-electron chi connectivity index (χ3n) is 3.70. The number of rotatable bonds is 4. The Morgan fingerprint density at radius 1 is 1.00 bits per heavy atom. The minimum absolute atomic E-state index is 0.0198. The Labute approximate surface area is 104 Å². The van der Waals surface area contributed by atoms with Crippen molar-refractivity contribution >= 4 is 0 Å². The number of nitrogens with zero attached hydrogens (tertiary/aromatic N) is 1. The van der Waals surface area contributed by atoms with Crippen molar-refractivity contribution in [2.45, 2.75) is 39.8 Å². The van der Waals surface area contributed by atoms with Gasteiger partial charge in [-0.25, -0.2) is 0 Å². The van der Waals surface area contributed by atoms with E-state index in [1.807, 2.05) is 14.0 Å². The predicted octanol–water partition coefficient (Wildman–Crippen LogP) is 3.14. The molecule has 0 spiro atoms. The minimum atomic E-state index is -0.0198. The van der Waals surface area contributed by atoms with Crippen LogP contribution in [0.2, 0.25) is 0 Å². The Hall–Kier alpha value is -1.22. The van der Waals surface area contributed by atoms with Crippen LogP contribution in [0.3, 0.4) is 0 Å². The molecule has 1 aromatic carbocycles. The first-order valence-electron chi connectivity index (χ1n) is 6.09. The first-order chi connectivity index (χ1) is 7.86. The molecule has 0 saturated heterocycles. The Morgan fingerprint density at radius 2 is 1.47 bits per heavy atom. The van der Waals surface area contributed by atoms with Crippen molar-refractivity contribution in [3.63, 3.8) is 0 Å². The SMILES string of the molecule is CC(C)C(C)N(C)C(C)c1c(O)cccc1O. The van der Waals surface area contributed by atoms with E-state index in [2.05, 4.69) is 25.7 Å². The molecule has 0 fully saturated rings. The normalized spacial score (nSPS) is 15.2. The van der Waals surface area contributed by atoms with Gasteiger partial charge in [0.1, 0.15) is 11.5 Å². The second-order valence-corrected chi connectivity index (χ2v) is 5.04. The predicted molar refractivity (Wildman–Crippen MR) is 70.2 cm³/mol. The van der Waals surface area contributed by atoms with Gasteiger partial charge in [0.25, 0.3) is 0 Å². The minimum Gasteiger partial charge on any atom is -0.507 e. The number of phenolic OH excluding ortho intramolecular Hbond substituents is 2. The van der Waals surface area contributed by atoms with Gasteiger partial charge < -0.3 is 10.2 Å². The summed E-state index contributed by atoms with van der Waals surface area (Å²) in [4.78, 5) is 2.17. The fraction of sp³-hybridized carbons (Fsp3) is 0.571. The molecule has 0 aliphatic rings. The van der Waals surface area contributed by atoms with E-state index in [0.29, 0.717) is 17.5 Å². The molecular weight excluding hydrogens is 214 g/mol. The van der Waals surface area contributed by atoms with Crippen molar-refractivity contribution in [1.82, 2.24) is 4.90 Å². The third kappa shape index (κ3) is 2.91. The highest BCUT2D eigenvalue weighted by Crippen LogP contribution is 2.36. The van der Waals surface area contributed by atoms with E-state index in [-0.39, 0.29) is 17.5 Å². The average molecular weight is 237 g/mol. The molecule has 0 aromatic heterocycles. The smallest absolute Gasteiger partial charge is 0.124 e. The molecule has 0 saturated carbocycles. The molecule has 2 N–H and O–H groups in total. The summed E-state index contributed by atoms with van der Waals surface area (Å²) in [6.45, 7) is 8.48.